The maximum absolute atomic E-state index is 13.2. The third kappa shape index (κ3) is 7.28. The van der Waals surface area contributed by atoms with Crippen LogP contribution in [0, 0.1) is 5.92 Å². The number of carbonyl (C=O) groups is 2. The van der Waals surface area contributed by atoms with Gasteiger partial charge in [-0.3, -0.25) is 9.59 Å². The Kier molecular flexibility index (Phi) is 9.38. The Balaban J connectivity index is 1.97. The molecule has 2 aliphatic heterocycles. The van der Waals surface area contributed by atoms with Gasteiger partial charge in [0.05, 0.1) is 18.1 Å². The van der Waals surface area contributed by atoms with E-state index in [2.05, 4.69) is 40.8 Å². The highest BCUT2D eigenvalue weighted by atomic mass is 28.4. The molecule has 2 aliphatic rings. The zero-order valence-electron chi connectivity index (χ0n) is 23.7. The summed E-state index contributed by atoms with van der Waals surface area (Å²) >= 11 is 0. The first-order valence-electron chi connectivity index (χ1n) is 13.3. The van der Waals surface area contributed by atoms with Gasteiger partial charge in [-0.2, -0.15) is 0 Å². The van der Waals surface area contributed by atoms with Gasteiger partial charge in [-0.1, -0.05) is 70.2 Å². The van der Waals surface area contributed by atoms with E-state index in [1.807, 2.05) is 56.3 Å². The molecule has 7 heteroatoms. The Bertz CT molecular complexity index is 995. The summed E-state index contributed by atoms with van der Waals surface area (Å²) in [4.78, 5) is 24.4. The molecule has 0 amide bonds. The highest BCUT2D eigenvalue weighted by Crippen LogP contribution is 2.44. The summed E-state index contributed by atoms with van der Waals surface area (Å²) in [6, 6.07) is 9.94. The van der Waals surface area contributed by atoms with Gasteiger partial charge in [0, 0.05) is 11.5 Å². The van der Waals surface area contributed by atoms with Crippen molar-refractivity contribution in [1.82, 2.24) is 0 Å². The fourth-order valence-electron chi connectivity index (χ4n) is 4.64. The van der Waals surface area contributed by atoms with Gasteiger partial charge in [0.15, 0.2) is 14.6 Å². The molecule has 1 saturated heterocycles. The van der Waals surface area contributed by atoms with E-state index in [9.17, 15) is 9.59 Å². The number of allylic oxidation sites excluding steroid dienone is 1. The summed E-state index contributed by atoms with van der Waals surface area (Å²) < 4.78 is 25.7. The van der Waals surface area contributed by atoms with Crippen molar-refractivity contribution in [2.75, 3.05) is 0 Å². The largest absolute Gasteiger partial charge is 0.457 e. The number of hydrogen-bond donors (Lipinski definition) is 0. The summed E-state index contributed by atoms with van der Waals surface area (Å²) in [5.41, 5.74) is 1.07. The third-order valence-electron chi connectivity index (χ3n) is 8.05. The van der Waals surface area contributed by atoms with Crippen LogP contribution in [0.3, 0.4) is 0 Å². The normalized spacial score (nSPS) is 33.0. The lowest BCUT2D eigenvalue weighted by atomic mass is 9.89. The molecule has 1 aromatic carbocycles. The minimum absolute atomic E-state index is 0.00147. The second kappa shape index (κ2) is 11.8. The van der Waals surface area contributed by atoms with E-state index in [0.29, 0.717) is 18.4 Å². The van der Waals surface area contributed by atoms with Crippen molar-refractivity contribution >= 4 is 20.6 Å². The van der Waals surface area contributed by atoms with Crippen molar-refractivity contribution in [2.45, 2.75) is 109 Å². The van der Waals surface area contributed by atoms with Gasteiger partial charge in [0.1, 0.15) is 18.5 Å². The van der Waals surface area contributed by atoms with Crippen molar-refractivity contribution in [3.05, 3.63) is 59.7 Å². The number of carbonyl (C=O) groups excluding carboxylic acids is 2. The van der Waals surface area contributed by atoms with Crippen LogP contribution in [-0.2, 0) is 28.2 Å². The lowest BCUT2D eigenvalue weighted by Crippen LogP contribution is -2.45. The third-order valence-corrected chi connectivity index (χ3v) is 12.6. The molecule has 2 heterocycles. The number of esters is 1. The first-order chi connectivity index (χ1) is 17.3. The van der Waals surface area contributed by atoms with E-state index < -0.39 is 26.3 Å². The number of fused-ring (bicyclic) bond motifs is 1. The fourth-order valence-corrected chi connectivity index (χ4v) is 6.02. The van der Waals surface area contributed by atoms with Crippen LogP contribution in [0.4, 0.5) is 0 Å². The number of ether oxygens (including phenoxy) is 3. The number of benzene rings is 1. The number of hydrogen-bond acceptors (Lipinski definition) is 6. The predicted octanol–water partition coefficient (Wildman–Crippen LogP) is 6.68. The Labute approximate surface area is 223 Å². The van der Waals surface area contributed by atoms with E-state index in [1.165, 1.54) is 6.08 Å². The average Bonchev–Trinajstić information content (AvgIpc) is 3.15. The van der Waals surface area contributed by atoms with Gasteiger partial charge in [0.25, 0.3) is 0 Å². The molecule has 204 valence electrons. The van der Waals surface area contributed by atoms with Gasteiger partial charge in [-0.25, -0.2) is 0 Å². The summed E-state index contributed by atoms with van der Waals surface area (Å²) in [6.45, 7) is 16.9. The number of aldehydes is 1. The minimum atomic E-state index is -2.15. The van der Waals surface area contributed by atoms with E-state index >= 15 is 0 Å². The Hall–Kier alpha value is -2.06. The fraction of sp³-hybridized carbons (Fsp3) is 0.600. The van der Waals surface area contributed by atoms with Crippen molar-refractivity contribution in [1.29, 1.82) is 0 Å². The second-order valence-electron chi connectivity index (χ2n) is 12.2. The minimum Gasteiger partial charge on any atom is -0.457 e. The molecule has 6 atom stereocenters. The van der Waals surface area contributed by atoms with Gasteiger partial charge in [-0.05, 0) is 56.5 Å². The Morgan fingerprint density at radius 2 is 1.84 bits per heavy atom. The molecule has 0 bridgehead atoms. The van der Waals surface area contributed by atoms with E-state index in [0.717, 1.165) is 11.8 Å². The van der Waals surface area contributed by atoms with Gasteiger partial charge < -0.3 is 18.6 Å². The molecule has 37 heavy (non-hydrogen) atoms. The van der Waals surface area contributed by atoms with Crippen LogP contribution in [0.15, 0.2) is 54.1 Å². The molecule has 0 unspecified atom stereocenters. The first kappa shape index (κ1) is 29.5. The van der Waals surface area contributed by atoms with Gasteiger partial charge in [0.2, 0.25) is 0 Å². The highest BCUT2D eigenvalue weighted by Gasteiger charge is 2.47. The van der Waals surface area contributed by atoms with Gasteiger partial charge >= 0.3 is 5.97 Å². The second-order valence-corrected chi connectivity index (χ2v) is 16.9. The molecule has 6 nitrogen and oxygen atoms in total. The van der Waals surface area contributed by atoms with Crippen molar-refractivity contribution in [3.63, 3.8) is 0 Å². The SMILES string of the molecule is C/C(=C\C=O)[C@H]1OC(=O)C[C@H](O[Si](C)(C)C(C)(C)C)CC[C@@]2(C)O[C@@H](c3ccccc3)O[C@H]2/C=C/[C@@H]1C. The van der Waals surface area contributed by atoms with E-state index in [4.69, 9.17) is 18.6 Å². The maximum Gasteiger partial charge on any atom is 0.308 e. The van der Waals surface area contributed by atoms with E-state index in [-0.39, 0.29) is 35.6 Å². The lowest BCUT2D eigenvalue weighted by molar-refractivity contribution is -0.151. The summed E-state index contributed by atoms with van der Waals surface area (Å²) in [5.74, 6) is -0.483. The Morgan fingerprint density at radius 3 is 2.46 bits per heavy atom. The van der Waals surface area contributed by atoms with Crippen LogP contribution in [0.1, 0.15) is 72.7 Å². The van der Waals surface area contributed by atoms with Gasteiger partial charge in [-0.15, -0.1) is 0 Å². The quantitative estimate of drug-likeness (QED) is 0.140. The highest BCUT2D eigenvalue weighted by molar-refractivity contribution is 6.74. The number of rotatable bonds is 5. The Morgan fingerprint density at radius 1 is 1.16 bits per heavy atom. The molecule has 0 spiro atoms. The van der Waals surface area contributed by atoms with Crippen LogP contribution in [0.25, 0.3) is 0 Å². The maximum atomic E-state index is 13.2. The molecule has 3 rings (SSSR count). The molecule has 0 aromatic heterocycles. The summed E-state index contributed by atoms with van der Waals surface area (Å²) in [7, 11) is -2.15. The molecule has 1 fully saturated rings. The monoisotopic (exact) mass is 528 g/mol. The smallest absolute Gasteiger partial charge is 0.308 e. The number of cyclic esters (lactones) is 1. The van der Waals surface area contributed by atoms with Crippen molar-refractivity contribution < 1.29 is 28.2 Å². The first-order valence-corrected chi connectivity index (χ1v) is 16.2. The van der Waals surface area contributed by atoms with E-state index in [1.54, 1.807) is 0 Å². The summed E-state index contributed by atoms with van der Waals surface area (Å²) in [6.07, 6.45) is 6.04. The zero-order valence-corrected chi connectivity index (χ0v) is 24.7. The molecule has 0 radical (unpaired) electrons. The zero-order chi connectivity index (χ0) is 27.4. The molecule has 0 N–H and O–H groups in total. The molecular formula is C30H44O6Si. The van der Waals surface area contributed by atoms with Crippen molar-refractivity contribution in [3.8, 4) is 0 Å². The van der Waals surface area contributed by atoms with Crippen LogP contribution in [-0.4, -0.2) is 44.5 Å². The molecule has 0 saturated carbocycles. The summed E-state index contributed by atoms with van der Waals surface area (Å²) in [5, 5.41) is 0.00147. The molecular weight excluding hydrogens is 484 g/mol. The predicted molar refractivity (Wildman–Crippen MR) is 147 cm³/mol. The van der Waals surface area contributed by atoms with Crippen molar-refractivity contribution in [2.24, 2.45) is 5.92 Å². The molecule has 1 aromatic rings. The van der Waals surface area contributed by atoms with Crippen LogP contribution >= 0.6 is 0 Å². The lowest BCUT2D eigenvalue weighted by Gasteiger charge is -2.40. The van der Waals surface area contributed by atoms with Crippen LogP contribution in [0.5, 0.6) is 0 Å². The average molecular weight is 529 g/mol. The standard InChI is InChI=1S/C30H44O6Si/c1-21-14-15-25-30(6,35-28(33-25)23-12-10-9-11-13-23)18-16-24(36-37(7,8)29(3,4)5)20-26(32)34-27(21)22(2)17-19-31/h9-15,17,19,21,24-25,27-28H,16,18,20H2,1-8H3/b15-14+,22-17+/t21-,24+,25-,27-,28-,30+/m0/s1. The topological polar surface area (TPSA) is 71.1 Å². The van der Waals surface area contributed by atoms with Crippen LogP contribution < -0.4 is 0 Å². The molecule has 0 aliphatic carbocycles. The van der Waals surface area contributed by atoms with Crippen LogP contribution in [0.2, 0.25) is 18.1 Å².